The fraction of sp³-hybridized carbons (Fsp3) is 0.562. The van der Waals surface area contributed by atoms with E-state index in [0.717, 1.165) is 36.0 Å². The number of nitrogens with one attached hydrogen (secondary N) is 1. The minimum atomic E-state index is -0.0934. The van der Waals surface area contributed by atoms with Gasteiger partial charge in [0.2, 0.25) is 5.91 Å². The van der Waals surface area contributed by atoms with Crippen LogP contribution in [-0.2, 0) is 9.53 Å². The van der Waals surface area contributed by atoms with Crippen molar-refractivity contribution in [3.05, 3.63) is 34.3 Å². The van der Waals surface area contributed by atoms with Gasteiger partial charge in [-0.25, -0.2) is 0 Å². The van der Waals surface area contributed by atoms with E-state index in [0.29, 0.717) is 12.6 Å². The summed E-state index contributed by atoms with van der Waals surface area (Å²) in [4.78, 5) is 14.4. The number of ether oxygens (including phenoxy) is 1. The minimum Gasteiger partial charge on any atom is -0.371 e. The second kappa shape index (κ2) is 6.46. The molecule has 0 aromatic heterocycles. The average molecular weight is 353 g/mol. The van der Waals surface area contributed by atoms with E-state index in [1.807, 2.05) is 19.1 Å². The van der Waals surface area contributed by atoms with Crippen LogP contribution >= 0.6 is 15.9 Å². The van der Waals surface area contributed by atoms with Crippen LogP contribution in [0.4, 0.5) is 0 Å². The Morgan fingerprint density at radius 2 is 2.29 bits per heavy atom. The highest BCUT2D eigenvalue weighted by Gasteiger charge is 2.31. The van der Waals surface area contributed by atoms with Crippen molar-refractivity contribution in [2.24, 2.45) is 0 Å². The van der Waals surface area contributed by atoms with E-state index in [1.165, 1.54) is 0 Å². The summed E-state index contributed by atoms with van der Waals surface area (Å²) in [5, 5.41) is 3.09. The SMILES string of the molecule is CC(C(=O)NC1CC1)N1CCOC(c2cccc(Br)c2)C1. The molecular formula is C16H21BrN2O2. The summed E-state index contributed by atoms with van der Waals surface area (Å²) in [7, 11) is 0. The van der Waals surface area contributed by atoms with Crippen molar-refractivity contribution >= 4 is 21.8 Å². The quantitative estimate of drug-likeness (QED) is 0.904. The molecule has 1 saturated carbocycles. The van der Waals surface area contributed by atoms with E-state index >= 15 is 0 Å². The minimum absolute atomic E-state index is 0.0347. The number of halogens is 1. The Morgan fingerprint density at radius 3 is 3.00 bits per heavy atom. The number of morpholine rings is 1. The monoisotopic (exact) mass is 352 g/mol. The zero-order valence-corrected chi connectivity index (χ0v) is 13.8. The summed E-state index contributed by atoms with van der Waals surface area (Å²) < 4.78 is 6.93. The molecule has 3 rings (SSSR count). The maximum Gasteiger partial charge on any atom is 0.237 e. The Bertz CT molecular complexity index is 519. The summed E-state index contributed by atoms with van der Waals surface area (Å²) in [6, 6.07) is 8.52. The standard InChI is InChI=1S/C16H21BrN2O2/c1-11(16(20)18-14-5-6-14)19-7-8-21-15(10-19)12-3-2-4-13(17)9-12/h2-4,9,11,14-15H,5-8,10H2,1H3,(H,18,20). The molecule has 5 heteroatoms. The van der Waals surface area contributed by atoms with Crippen LogP contribution in [0.25, 0.3) is 0 Å². The zero-order chi connectivity index (χ0) is 14.8. The Morgan fingerprint density at radius 1 is 1.48 bits per heavy atom. The van der Waals surface area contributed by atoms with Crippen molar-refractivity contribution < 1.29 is 9.53 Å². The number of carbonyl (C=O) groups excluding carboxylic acids is 1. The smallest absolute Gasteiger partial charge is 0.237 e. The normalized spacial score (nSPS) is 24.6. The summed E-state index contributed by atoms with van der Waals surface area (Å²) in [6.07, 6.45) is 2.29. The van der Waals surface area contributed by atoms with Crippen molar-refractivity contribution in [3.8, 4) is 0 Å². The third-order valence-electron chi connectivity index (χ3n) is 4.17. The number of benzene rings is 1. The fourth-order valence-electron chi connectivity index (χ4n) is 2.64. The van der Waals surface area contributed by atoms with Gasteiger partial charge in [0.05, 0.1) is 18.8 Å². The fourth-order valence-corrected chi connectivity index (χ4v) is 3.06. The largest absolute Gasteiger partial charge is 0.371 e. The van der Waals surface area contributed by atoms with Crippen LogP contribution in [0.1, 0.15) is 31.4 Å². The Balaban J connectivity index is 1.63. The van der Waals surface area contributed by atoms with Crippen LogP contribution in [0.2, 0.25) is 0 Å². The summed E-state index contributed by atoms with van der Waals surface area (Å²) >= 11 is 3.50. The van der Waals surface area contributed by atoms with Gasteiger partial charge in [-0.3, -0.25) is 9.69 Å². The van der Waals surface area contributed by atoms with Gasteiger partial charge in [0.1, 0.15) is 0 Å². The van der Waals surface area contributed by atoms with Gasteiger partial charge in [-0.05, 0) is 37.5 Å². The molecular weight excluding hydrogens is 332 g/mol. The highest BCUT2D eigenvalue weighted by atomic mass is 79.9. The number of amides is 1. The lowest BCUT2D eigenvalue weighted by Crippen LogP contribution is -2.50. The first-order valence-electron chi connectivity index (χ1n) is 7.55. The van der Waals surface area contributed by atoms with Crippen molar-refractivity contribution in [1.29, 1.82) is 0 Å². The first-order valence-corrected chi connectivity index (χ1v) is 8.34. The molecule has 1 aliphatic carbocycles. The number of hydrogen-bond acceptors (Lipinski definition) is 3. The Hall–Kier alpha value is -0.910. The predicted molar refractivity (Wildman–Crippen MR) is 85.0 cm³/mol. The predicted octanol–water partition coefficient (Wildman–Crippen LogP) is 2.49. The number of rotatable bonds is 4. The van der Waals surface area contributed by atoms with Gasteiger partial charge in [-0.2, -0.15) is 0 Å². The van der Waals surface area contributed by atoms with Gasteiger partial charge in [0.15, 0.2) is 0 Å². The molecule has 1 aliphatic heterocycles. The molecule has 2 atom stereocenters. The lowest BCUT2D eigenvalue weighted by molar-refractivity contribution is -0.129. The van der Waals surface area contributed by atoms with E-state index in [4.69, 9.17) is 4.74 Å². The van der Waals surface area contributed by atoms with Crippen LogP contribution < -0.4 is 5.32 Å². The molecule has 4 nitrogen and oxygen atoms in total. The third kappa shape index (κ3) is 3.84. The van der Waals surface area contributed by atoms with Gasteiger partial charge >= 0.3 is 0 Å². The summed E-state index contributed by atoms with van der Waals surface area (Å²) in [5.41, 5.74) is 1.16. The molecule has 2 unspecified atom stereocenters. The van der Waals surface area contributed by atoms with E-state index in [2.05, 4.69) is 38.3 Å². The number of nitrogens with zero attached hydrogens (tertiary/aromatic N) is 1. The molecule has 21 heavy (non-hydrogen) atoms. The Kier molecular flexibility index (Phi) is 4.62. The van der Waals surface area contributed by atoms with E-state index in [9.17, 15) is 4.79 Å². The van der Waals surface area contributed by atoms with Gasteiger partial charge < -0.3 is 10.1 Å². The lowest BCUT2D eigenvalue weighted by Gasteiger charge is -2.36. The van der Waals surface area contributed by atoms with Crippen LogP contribution in [0.5, 0.6) is 0 Å². The van der Waals surface area contributed by atoms with Gasteiger partial charge in [-0.1, -0.05) is 28.1 Å². The van der Waals surface area contributed by atoms with Gasteiger partial charge in [0, 0.05) is 23.6 Å². The van der Waals surface area contributed by atoms with Gasteiger partial charge in [-0.15, -0.1) is 0 Å². The second-order valence-electron chi connectivity index (χ2n) is 5.87. The summed E-state index contributed by atoms with van der Waals surface area (Å²) in [6.45, 7) is 4.22. The first kappa shape index (κ1) is 15.0. The van der Waals surface area contributed by atoms with E-state index in [1.54, 1.807) is 0 Å². The van der Waals surface area contributed by atoms with Crippen LogP contribution in [0.15, 0.2) is 28.7 Å². The molecule has 1 saturated heterocycles. The van der Waals surface area contributed by atoms with Crippen molar-refractivity contribution in [1.82, 2.24) is 10.2 Å². The highest BCUT2D eigenvalue weighted by molar-refractivity contribution is 9.10. The molecule has 1 aromatic rings. The van der Waals surface area contributed by atoms with Crippen molar-refractivity contribution in [2.45, 2.75) is 38.0 Å². The molecule has 2 aliphatic rings. The number of carbonyl (C=O) groups is 1. The molecule has 0 bridgehead atoms. The first-order chi connectivity index (χ1) is 10.1. The van der Waals surface area contributed by atoms with E-state index in [-0.39, 0.29) is 18.1 Å². The maximum absolute atomic E-state index is 12.2. The third-order valence-corrected chi connectivity index (χ3v) is 4.66. The topological polar surface area (TPSA) is 41.6 Å². The van der Waals surface area contributed by atoms with Gasteiger partial charge in [0.25, 0.3) is 0 Å². The highest BCUT2D eigenvalue weighted by Crippen LogP contribution is 2.26. The van der Waals surface area contributed by atoms with Crippen LogP contribution in [0, 0.1) is 0 Å². The molecule has 1 aromatic carbocycles. The number of hydrogen-bond donors (Lipinski definition) is 1. The molecule has 1 N–H and O–H groups in total. The van der Waals surface area contributed by atoms with Crippen molar-refractivity contribution in [3.63, 3.8) is 0 Å². The molecule has 114 valence electrons. The molecule has 2 fully saturated rings. The lowest BCUT2D eigenvalue weighted by atomic mass is 10.1. The molecule has 1 amide bonds. The zero-order valence-electron chi connectivity index (χ0n) is 12.2. The molecule has 0 radical (unpaired) electrons. The maximum atomic E-state index is 12.2. The molecule has 0 spiro atoms. The average Bonchev–Trinajstić information content (AvgIpc) is 3.30. The van der Waals surface area contributed by atoms with Crippen molar-refractivity contribution in [2.75, 3.05) is 19.7 Å². The molecule has 1 heterocycles. The van der Waals surface area contributed by atoms with Crippen LogP contribution in [0.3, 0.4) is 0 Å². The summed E-state index contributed by atoms with van der Waals surface area (Å²) in [5.74, 6) is 0.146. The van der Waals surface area contributed by atoms with Crippen LogP contribution in [-0.4, -0.2) is 42.6 Å². The Labute approximate surface area is 134 Å². The second-order valence-corrected chi connectivity index (χ2v) is 6.78. The van der Waals surface area contributed by atoms with E-state index < -0.39 is 0 Å².